The Morgan fingerprint density at radius 1 is 1.05 bits per heavy atom. The summed E-state index contributed by atoms with van der Waals surface area (Å²) in [6, 6.07) is 9.99. The number of hydrogen-bond donors (Lipinski definition) is 1. The molecule has 0 aliphatic heterocycles. The van der Waals surface area contributed by atoms with Crippen molar-refractivity contribution in [3.8, 4) is 11.5 Å². The second kappa shape index (κ2) is 5.41. The Kier molecular flexibility index (Phi) is 3.86. The lowest BCUT2D eigenvalue weighted by Gasteiger charge is -2.14. The molecule has 19 heavy (non-hydrogen) atoms. The first kappa shape index (κ1) is 13.6. The van der Waals surface area contributed by atoms with E-state index in [1.165, 1.54) is 17.7 Å². The molecular weight excluding hydrogens is 241 g/mol. The molecule has 2 rings (SSSR count). The molecule has 0 heterocycles. The van der Waals surface area contributed by atoms with Crippen LogP contribution >= 0.6 is 0 Å². The zero-order valence-corrected chi connectivity index (χ0v) is 11.4. The van der Waals surface area contributed by atoms with E-state index >= 15 is 0 Å². The van der Waals surface area contributed by atoms with Gasteiger partial charge in [-0.1, -0.05) is 6.07 Å². The molecule has 2 N–H and O–H groups in total. The first-order valence-corrected chi connectivity index (χ1v) is 6.27. The number of halogens is 1. The largest absolute Gasteiger partial charge is 0.457 e. The monoisotopic (exact) mass is 259 g/mol. The summed E-state index contributed by atoms with van der Waals surface area (Å²) in [5, 5.41) is 0. The second-order valence-electron chi connectivity index (χ2n) is 4.82. The molecule has 2 aromatic rings. The lowest BCUT2D eigenvalue weighted by atomic mass is 10.1. The Morgan fingerprint density at radius 2 is 1.79 bits per heavy atom. The minimum Gasteiger partial charge on any atom is -0.457 e. The smallest absolute Gasteiger partial charge is 0.132 e. The van der Waals surface area contributed by atoms with Gasteiger partial charge < -0.3 is 10.5 Å². The van der Waals surface area contributed by atoms with E-state index < -0.39 is 0 Å². The number of rotatable bonds is 3. The van der Waals surface area contributed by atoms with Gasteiger partial charge in [-0.05, 0) is 62.2 Å². The molecule has 0 saturated carbocycles. The van der Waals surface area contributed by atoms with Gasteiger partial charge in [0.15, 0.2) is 0 Å². The van der Waals surface area contributed by atoms with Crippen molar-refractivity contribution in [3.05, 3.63) is 58.9 Å². The van der Waals surface area contributed by atoms with E-state index in [0.29, 0.717) is 11.3 Å². The van der Waals surface area contributed by atoms with Gasteiger partial charge in [-0.3, -0.25) is 0 Å². The van der Waals surface area contributed by atoms with Crippen LogP contribution in [-0.4, -0.2) is 0 Å². The first-order valence-electron chi connectivity index (χ1n) is 6.27. The summed E-state index contributed by atoms with van der Waals surface area (Å²) in [6.07, 6.45) is 0. The minimum atomic E-state index is -0.306. The highest BCUT2D eigenvalue weighted by Gasteiger charge is 2.10. The molecule has 2 nitrogen and oxygen atoms in total. The highest BCUT2D eigenvalue weighted by Crippen LogP contribution is 2.30. The number of aryl methyl sites for hydroxylation is 2. The Bertz CT molecular complexity index is 593. The maximum atomic E-state index is 13.3. The van der Waals surface area contributed by atoms with Crippen LogP contribution in [0.25, 0.3) is 0 Å². The molecule has 2 aromatic carbocycles. The highest BCUT2D eigenvalue weighted by atomic mass is 19.1. The average Bonchev–Trinajstić information content (AvgIpc) is 2.36. The zero-order valence-electron chi connectivity index (χ0n) is 11.4. The topological polar surface area (TPSA) is 35.2 Å². The van der Waals surface area contributed by atoms with Crippen molar-refractivity contribution < 1.29 is 9.13 Å². The van der Waals surface area contributed by atoms with Crippen molar-refractivity contribution >= 4 is 0 Å². The van der Waals surface area contributed by atoms with Gasteiger partial charge in [-0.2, -0.15) is 0 Å². The predicted molar refractivity (Wildman–Crippen MR) is 75.0 cm³/mol. The van der Waals surface area contributed by atoms with Gasteiger partial charge in [-0.15, -0.1) is 0 Å². The summed E-state index contributed by atoms with van der Waals surface area (Å²) >= 11 is 0. The van der Waals surface area contributed by atoms with Gasteiger partial charge in [0, 0.05) is 11.6 Å². The molecule has 1 atom stereocenters. The van der Waals surface area contributed by atoms with Crippen molar-refractivity contribution in [2.75, 3.05) is 0 Å². The van der Waals surface area contributed by atoms with Gasteiger partial charge in [0.2, 0.25) is 0 Å². The molecule has 0 aromatic heterocycles. The van der Waals surface area contributed by atoms with E-state index in [2.05, 4.69) is 0 Å². The molecule has 0 saturated heterocycles. The normalized spacial score (nSPS) is 12.3. The molecule has 0 fully saturated rings. The summed E-state index contributed by atoms with van der Waals surface area (Å²) in [6.45, 7) is 5.88. The van der Waals surface area contributed by atoms with E-state index in [9.17, 15) is 4.39 Å². The Morgan fingerprint density at radius 3 is 2.42 bits per heavy atom. The van der Waals surface area contributed by atoms with Crippen LogP contribution < -0.4 is 10.5 Å². The zero-order chi connectivity index (χ0) is 14.0. The standard InChI is InChI=1S/C16H18FNO/c1-10-4-6-14(8-11(10)2)19-16-7-5-13(17)9-15(16)12(3)18/h4-9,12H,18H2,1-3H3. The third kappa shape index (κ3) is 3.12. The summed E-state index contributed by atoms with van der Waals surface area (Å²) in [5.41, 5.74) is 8.87. The fourth-order valence-corrected chi connectivity index (χ4v) is 1.87. The van der Waals surface area contributed by atoms with E-state index in [-0.39, 0.29) is 11.9 Å². The molecule has 3 heteroatoms. The summed E-state index contributed by atoms with van der Waals surface area (Å²) in [5.74, 6) is 1.02. The van der Waals surface area contributed by atoms with Crippen LogP contribution in [0.5, 0.6) is 11.5 Å². The molecule has 1 unspecified atom stereocenters. The van der Waals surface area contributed by atoms with Gasteiger partial charge in [0.25, 0.3) is 0 Å². The van der Waals surface area contributed by atoms with Crippen molar-refractivity contribution in [2.24, 2.45) is 5.73 Å². The van der Waals surface area contributed by atoms with Crippen LogP contribution in [0.3, 0.4) is 0 Å². The van der Waals surface area contributed by atoms with Gasteiger partial charge in [-0.25, -0.2) is 4.39 Å². The lowest BCUT2D eigenvalue weighted by Crippen LogP contribution is -2.07. The van der Waals surface area contributed by atoms with Gasteiger partial charge in [0.1, 0.15) is 17.3 Å². The van der Waals surface area contributed by atoms with E-state index in [4.69, 9.17) is 10.5 Å². The molecule has 0 spiro atoms. The van der Waals surface area contributed by atoms with Crippen molar-refractivity contribution in [1.29, 1.82) is 0 Å². The Balaban J connectivity index is 2.35. The summed E-state index contributed by atoms with van der Waals surface area (Å²) in [7, 11) is 0. The van der Waals surface area contributed by atoms with Gasteiger partial charge in [0.05, 0.1) is 0 Å². The summed E-state index contributed by atoms with van der Waals surface area (Å²) < 4.78 is 19.1. The van der Waals surface area contributed by atoms with Crippen LogP contribution in [0, 0.1) is 19.7 Å². The van der Waals surface area contributed by atoms with Crippen molar-refractivity contribution in [2.45, 2.75) is 26.8 Å². The highest BCUT2D eigenvalue weighted by molar-refractivity contribution is 5.41. The van der Waals surface area contributed by atoms with Crippen molar-refractivity contribution in [3.63, 3.8) is 0 Å². The predicted octanol–water partition coefficient (Wildman–Crippen LogP) is 4.25. The van der Waals surface area contributed by atoms with E-state index in [1.807, 2.05) is 39.0 Å². The van der Waals surface area contributed by atoms with Crippen LogP contribution in [0.1, 0.15) is 29.7 Å². The Hall–Kier alpha value is -1.87. The number of benzene rings is 2. The fraction of sp³-hybridized carbons (Fsp3) is 0.250. The first-order chi connectivity index (χ1) is 8.97. The number of ether oxygens (including phenoxy) is 1. The SMILES string of the molecule is Cc1ccc(Oc2ccc(F)cc2C(C)N)cc1C. The molecule has 0 aliphatic carbocycles. The number of hydrogen-bond acceptors (Lipinski definition) is 2. The molecule has 0 amide bonds. The Labute approximate surface area is 113 Å². The van der Waals surface area contributed by atoms with Gasteiger partial charge >= 0.3 is 0 Å². The summed E-state index contributed by atoms with van der Waals surface area (Å²) in [4.78, 5) is 0. The molecule has 0 bridgehead atoms. The van der Waals surface area contributed by atoms with E-state index in [1.54, 1.807) is 6.07 Å². The second-order valence-corrected chi connectivity index (χ2v) is 4.82. The maximum absolute atomic E-state index is 13.3. The third-order valence-corrected chi connectivity index (χ3v) is 3.17. The van der Waals surface area contributed by atoms with E-state index in [0.717, 1.165) is 11.3 Å². The quantitative estimate of drug-likeness (QED) is 0.894. The van der Waals surface area contributed by atoms with Crippen LogP contribution in [0.4, 0.5) is 4.39 Å². The molecule has 0 aliphatic rings. The van der Waals surface area contributed by atoms with Crippen LogP contribution in [0.15, 0.2) is 36.4 Å². The lowest BCUT2D eigenvalue weighted by molar-refractivity contribution is 0.468. The molecular formula is C16H18FNO. The molecule has 100 valence electrons. The van der Waals surface area contributed by atoms with Crippen LogP contribution in [-0.2, 0) is 0 Å². The fourth-order valence-electron chi connectivity index (χ4n) is 1.87. The molecule has 0 radical (unpaired) electrons. The third-order valence-electron chi connectivity index (χ3n) is 3.17. The van der Waals surface area contributed by atoms with Crippen molar-refractivity contribution in [1.82, 2.24) is 0 Å². The average molecular weight is 259 g/mol. The van der Waals surface area contributed by atoms with Crippen LogP contribution in [0.2, 0.25) is 0 Å². The maximum Gasteiger partial charge on any atom is 0.132 e. The minimum absolute atomic E-state index is 0.280. The number of nitrogens with two attached hydrogens (primary N) is 1.